The van der Waals surface area contributed by atoms with Crippen LogP contribution < -0.4 is 5.56 Å². The van der Waals surface area contributed by atoms with Gasteiger partial charge < -0.3 is 14.2 Å². The van der Waals surface area contributed by atoms with E-state index in [0.717, 1.165) is 26.2 Å². The van der Waals surface area contributed by atoms with Crippen LogP contribution in [0, 0.1) is 11.3 Å². The molecule has 130 valence electrons. The molecule has 4 aliphatic rings. The van der Waals surface area contributed by atoms with Crippen molar-refractivity contribution in [3.05, 3.63) is 34.2 Å². The van der Waals surface area contributed by atoms with Crippen molar-refractivity contribution in [3.63, 3.8) is 0 Å². The smallest absolute Gasteiger partial charge is 0.250 e. The number of nitrogens with zero attached hydrogens (tertiary/aromatic N) is 2. The third kappa shape index (κ3) is 2.38. The molecule has 1 aliphatic carbocycles. The average molecular weight is 328 g/mol. The fourth-order valence-corrected chi connectivity index (χ4v) is 5.84. The number of aromatic nitrogens is 1. The molecular formula is C20H28N2O2. The molecule has 3 atom stereocenters. The van der Waals surface area contributed by atoms with Crippen molar-refractivity contribution in [1.82, 2.24) is 9.47 Å². The van der Waals surface area contributed by atoms with Crippen molar-refractivity contribution < 1.29 is 4.74 Å². The Hall–Kier alpha value is -1.13. The van der Waals surface area contributed by atoms with E-state index in [1.165, 1.54) is 50.8 Å². The molecule has 24 heavy (non-hydrogen) atoms. The molecular weight excluding hydrogens is 300 g/mol. The summed E-state index contributed by atoms with van der Waals surface area (Å²) in [7, 11) is 0. The molecule has 2 bridgehead atoms. The molecule has 1 unspecified atom stereocenters. The lowest BCUT2D eigenvalue weighted by Gasteiger charge is -2.51. The predicted molar refractivity (Wildman–Crippen MR) is 93.2 cm³/mol. The van der Waals surface area contributed by atoms with Gasteiger partial charge in [0.05, 0.1) is 6.10 Å². The first-order valence-corrected chi connectivity index (χ1v) is 9.77. The van der Waals surface area contributed by atoms with Crippen molar-refractivity contribution in [3.8, 4) is 0 Å². The van der Waals surface area contributed by atoms with Crippen LogP contribution in [0.3, 0.4) is 0 Å². The molecule has 1 saturated carbocycles. The van der Waals surface area contributed by atoms with E-state index in [9.17, 15) is 4.79 Å². The molecule has 3 fully saturated rings. The Kier molecular flexibility index (Phi) is 3.60. The number of fused-ring (bicyclic) bond motifs is 4. The molecule has 1 aromatic heterocycles. The van der Waals surface area contributed by atoms with E-state index in [1.54, 1.807) is 6.07 Å². The van der Waals surface area contributed by atoms with Gasteiger partial charge in [-0.25, -0.2) is 0 Å². The van der Waals surface area contributed by atoms with Crippen molar-refractivity contribution in [2.75, 3.05) is 26.2 Å². The standard InChI is InChI=1S/C20H28N2O2/c23-19-6-1-4-17-16-10-15(12-22(17)19)11-21(13-16)14-20(7-3-8-20)18-5-2-9-24-18/h1,4,6,15-16,18H,2-3,5,7-14H2/t15-,16+,18?/m0/s1. The molecule has 4 nitrogen and oxygen atoms in total. The van der Waals surface area contributed by atoms with Gasteiger partial charge in [0, 0.05) is 55.9 Å². The number of rotatable bonds is 3. The van der Waals surface area contributed by atoms with Crippen LogP contribution in [-0.4, -0.2) is 41.8 Å². The minimum atomic E-state index is 0.186. The van der Waals surface area contributed by atoms with Gasteiger partial charge in [0.25, 0.3) is 5.56 Å². The lowest BCUT2D eigenvalue weighted by atomic mass is 9.63. The van der Waals surface area contributed by atoms with Crippen LogP contribution in [0.2, 0.25) is 0 Å². The summed E-state index contributed by atoms with van der Waals surface area (Å²) in [4.78, 5) is 14.9. The second kappa shape index (κ2) is 5.70. The zero-order valence-electron chi connectivity index (χ0n) is 14.5. The maximum atomic E-state index is 12.2. The van der Waals surface area contributed by atoms with Crippen LogP contribution >= 0.6 is 0 Å². The average Bonchev–Trinajstić information content (AvgIpc) is 3.07. The zero-order chi connectivity index (χ0) is 16.1. The Morgan fingerprint density at radius 3 is 2.83 bits per heavy atom. The maximum Gasteiger partial charge on any atom is 0.250 e. The van der Waals surface area contributed by atoms with E-state index < -0.39 is 0 Å². The van der Waals surface area contributed by atoms with Crippen LogP contribution in [0.15, 0.2) is 23.0 Å². The summed E-state index contributed by atoms with van der Waals surface area (Å²) in [5.74, 6) is 1.17. The van der Waals surface area contributed by atoms with Crippen molar-refractivity contribution in [1.29, 1.82) is 0 Å². The Morgan fingerprint density at radius 1 is 1.17 bits per heavy atom. The first-order chi connectivity index (χ1) is 11.7. The summed E-state index contributed by atoms with van der Waals surface area (Å²) in [6.45, 7) is 5.37. The van der Waals surface area contributed by atoms with E-state index >= 15 is 0 Å². The third-order valence-electron chi connectivity index (χ3n) is 7.06. The molecule has 0 aromatic carbocycles. The van der Waals surface area contributed by atoms with Gasteiger partial charge in [-0.1, -0.05) is 12.5 Å². The first-order valence-electron chi connectivity index (χ1n) is 9.77. The van der Waals surface area contributed by atoms with Crippen LogP contribution in [0.25, 0.3) is 0 Å². The highest BCUT2D eigenvalue weighted by Crippen LogP contribution is 2.49. The van der Waals surface area contributed by atoms with Crippen LogP contribution in [0.4, 0.5) is 0 Å². The van der Waals surface area contributed by atoms with Crippen LogP contribution in [0.5, 0.6) is 0 Å². The van der Waals surface area contributed by atoms with Crippen molar-refractivity contribution in [2.45, 2.75) is 57.1 Å². The first kappa shape index (κ1) is 15.2. The van der Waals surface area contributed by atoms with Gasteiger partial charge in [-0.05, 0) is 44.1 Å². The van der Waals surface area contributed by atoms with Crippen LogP contribution in [0.1, 0.15) is 50.1 Å². The summed E-state index contributed by atoms with van der Waals surface area (Å²) in [5.41, 5.74) is 1.88. The SMILES string of the molecule is O=c1cccc2n1C[C@H]1C[C@@H]2CN(CC2(C3CCCO3)CCC2)C1. The molecule has 0 N–H and O–H groups in total. The van der Waals surface area contributed by atoms with Crippen molar-refractivity contribution >= 4 is 0 Å². The summed E-state index contributed by atoms with van der Waals surface area (Å²) in [6.07, 6.45) is 8.33. The third-order valence-corrected chi connectivity index (χ3v) is 7.06. The second-order valence-electron chi connectivity index (χ2n) is 8.61. The van der Waals surface area contributed by atoms with Gasteiger partial charge in [0.2, 0.25) is 0 Å². The zero-order valence-corrected chi connectivity index (χ0v) is 14.5. The maximum absolute atomic E-state index is 12.2. The Balaban J connectivity index is 1.36. The van der Waals surface area contributed by atoms with Gasteiger partial charge in [-0.3, -0.25) is 4.79 Å². The number of hydrogen-bond acceptors (Lipinski definition) is 3. The van der Waals surface area contributed by atoms with Gasteiger partial charge in [0.15, 0.2) is 0 Å². The van der Waals surface area contributed by atoms with Crippen molar-refractivity contribution in [2.24, 2.45) is 11.3 Å². The Bertz CT molecular complexity index is 672. The topological polar surface area (TPSA) is 34.5 Å². The number of piperidine rings is 1. The number of ether oxygens (including phenoxy) is 1. The number of hydrogen-bond donors (Lipinski definition) is 0. The summed E-state index contributed by atoms with van der Waals surface area (Å²) in [5, 5.41) is 0. The number of pyridine rings is 1. The lowest BCUT2D eigenvalue weighted by Crippen LogP contribution is -2.54. The number of likely N-dealkylation sites (tertiary alicyclic amines) is 1. The van der Waals surface area contributed by atoms with E-state index in [1.807, 2.05) is 10.6 Å². The van der Waals surface area contributed by atoms with E-state index in [-0.39, 0.29) is 5.56 Å². The molecule has 2 saturated heterocycles. The highest BCUT2D eigenvalue weighted by Gasteiger charge is 2.48. The summed E-state index contributed by atoms with van der Waals surface area (Å²) >= 11 is 0. The predicted octanol–water partition coefficient (Wildman–Crippen LogP) is 2.62. The van der Waals surface area contributed by atoms with E-state index in [4.69, 9.17) is 4.74 Å². The highest BCUT2D eigenvalue weighted by atomic mass is 16.5. The molecule has 5 rings (SSSR count). The molecule has 0 radical (unpaired) electrons. The Labute approximate surface area is 143 Å². The van der Waals surface area contributed by atoms with Crippen LogP contribution in [-0.2, 0) is 11.3 Å². The Morgan fingerprint density at radius 2 is 2.08 bits per heavy atom. The highest BCUT2D eigenvalue weighted by molar-refractivity contribution is 5.17. The summed E-state index contributed by atoms with van der Waals surface area (Å²) in [6, 6.07) is 5.82. The van der Waals surface area contributed by atoms with E-state index in [2.05, 4.69) is 11.0 Å². The van der Waals surface area contributed by atoms with Gasteiger partial charge >= 0.3 is 0 Å². The lowest BCUT2D eigenvalue weighted by molar-refractivity contribution is -0.0771. The van der Waals surface area contributed by atoms with Gasteiger partial charge in [0.1, 0.15) is 0 Å². The monoisotopic (exact) mass is 328 g/mol. The van der Waals surface area contributed by atoms with Gasteiger partial charge in [-0.15, -0.1) is 0 Å². The largest absolute Gasteiger partial charge is 0.378 e. The molecule has 4 heterocycles. The molecule has 1 aromatic rings. The quantitative estimate of drug-likeness (QED) is 0.855. The molecule has 3 aliphatic heterocycles. The second-order valence-corrected chi connectivity index (χ2v) is 8.61. The molecule has 0 spiro atoms. The fourth-order valence-electron chi connectivity index (χ4n) is 5.84. The normalized spacial score (nSPS) is 34.6. The molecule has 4 heteroatoms. The summed E-state index contributed by atoms with van der Waals surface area (Å²) < 4.78 is 8.13. The van der Waals surface area contributed by atoms with Gasteiger partial charge in [-0.2, -0.15) is 0 Å². The molecule has 0 amide bonds. The minimum absolute atomic E-state index is 0.186. The fraction of sp³-hybridized carbons (Fsp3) is 0.750. The van der Waals surface area contributed by atoms with E-state index in [0.29, 0.717) is 23.4 Å². The minimum Gasteiger partial charge on any atom is -0.378 e.